The van der Waals surface area contributed by atoms with Crippen LogP contribution in [0.25, 0.3) is 0 Å². The summed E-state index contributed by atoms with van der Waals surface area (Å²) in [6.07, 6.45) is 1.49. The Hall–Kier alpha value is -1.18. The number of benzene rings is 1. The van der Waals surface area contributed by atoms with Gasteiger partial charge in [-0.15, -0.1) is 0 Å². The fraction of sp³-hybridized carbons (Fsp3) is 0.571. The predicted molar refractivity (Wildman–Crippen MR) is 78.9 cm³/mol. The topological polar surface area (TPSA) is 72.6 Å². The highest BCUT2D eigenvalue weighted by atomic mass is 32.2. The first-order valence-electron chi connectivity index (χ1n) is 6.91. The molecule has 2 rings (SSSR count). The Kier molecular flexibility index (Phi) is 4.85. The molecule has 21 heavy (non-hydrogen) atoms. The number of halogens is 1. The Labute approximate surface area is 124 Å². The van der Waals surface area contributed by atoms with Gasteiger partial charge in [-0.25, -0.2) is 12.8 Å². The van der Waals surface area contributed by atoms with E-state index in [1.165, 1.54) is 17.3 Å². The van der Waals surface area contributed by atoms with Gasteiger partial charge in [0.05, 0.1) is 4.90 Å². The van der Waals surface area contributed by atoms with Crippen molar-refractivity contribution in [3.63, 3.8) is 0 Å². The molecule has 0 atom stereocenters. The lowest BCUT2D eigenvalue weighted by Gasteiger charge is -2.31. The average molecular weight is 316 g/mol. The Balaban J connectivity index is 2.24. The zero-order valence-corrected chi connectivity index (χ0v) is 13.1. The van der Waals surface area contributed by atoms with Gasteiger partial charge in [-0.1, -0.05) is 0 Å². The molecule has 118 valence electrons. The Morgan fingerprint density at radius 2 is 2.00 bits per heavy atom. The van der Waals surface area contributed by atoms with Crippen LogP contribution in [0, 0.1) is 18.7 Å². The summed E-state index contributed by atoms with van der Waals surface area (Å²) in [5, 5.41) is 0. The van der Waals surface area contributed by atoms with E-state index in [1.54, 1.807) is 7.11 Å². The van der Waals surface area contributed by atoms with Gasteiger partial charge in [-0.2, -0.15) is 4.31 Å². The van der Waals surface area contributed by atoms with Crippen molar-refractivity contribution in [2.24, 2.45) is 5.92 Å². The molecule has 0 amide bonds. The molecule has 0 spiro atoms. The highest BCUT2D eigenvalue weighted by molar-refractivity contribution is 7.89. The van der Waals surface area contributed by atoms with Gasteiger partial charge in [-0.05, 0) is 37.8 Å². The lowest BCUT2D eigenvalue weighted by Crippen LogP contribution is -2.39. The van der Waals surface area contributed by atoms with Crippen molar-refractivity contribution in [3.05, 3.63) is 23.5 Å². The van der Waals surface area contributed by atoms with Crippen LogP contribution < -0.4 is 5.73 Å². The zero-order chi connectivity index (χ0) is 15.6. The zero-order valence-electron chi connectivity index (χ0n) is 12.3. The molecule has 1 heterocycles. The van der Waals surface area contributed by atoms with Crippen molar-refractivity contribution in [1.82, 2.24) is 4.31 Å². The van der Waals surface area contributed by atoms with Crippen molar-refractivity contribution < 1.29 is 17.5 Å². The Bertz CT molecular complexity index is 611. The number of hydrogen-bond acceptors (Lipinski definition) is 4. The summed E-state index contributed by atoms with van der Waals surface area (Å²) < 4.78 is 45.5. The normalized spacial score (nSPS) is 18.0. The van der Waals surface area contributed by atoms with E-state index in [9.17, 15) is 12.8 Å². The second-order valence-electron chi connectivity index (χ2n) is 5.43. The third-order valence-electron chi connectivity index (χ3n) is 3.91. The standard InChI is InChI=1S/C14H21FN2O3S/c1-10-13(15)7-12(16)8-14(10)21(18,19)17-5-3-11(4-6-17)9-20-2/h7-8,11H,3-6,9,16H2,1-2H3. The van der Waals surface area contributed by atoms with Crippen LogP contribution in [0.4, 0.5) is 10.1 Å². The highest BCUT2D eigenvalue weighted by Gasteiger charge is 2.31. The number of rotatable bonds is 4. The summed E-state index contributed by atoms with van der Waals surface area (Å²) in [6.45, 7) is 2.94. The molecule has 0 unspecified atom stereocenters. The quantitative estimate of drug-likeness (QED) is 0.859. The van der Waals surface area contributed by atoms with E-state index in [2.05, 4.69) is 0 Å². The van der Waals surface area contributed by atoms with Gasteiger partial charge in [0.15, 0.2) is 0 Å². The van der Waals surface area contributed by atoms with Gasteiger partial charge >= 0.3 is 0 Å². The number of anilines is 1. The number of piperidine rings is 1. The van der Waals surface area contributed by atoms with Crippen molar-refractivity contribution in [2.75, 3.05) is 32.5 Å². The van der Waals surface area contributed by atoms with Gasteiger partial charge in [0, 0.05) is 38.1 Å². The molecule has 1 fully saturated rings. The first-order chi connectivity index (χ1) is 9.86. The van der Waals surface area contributed by atoms with Crippen LogP contribution in [0.3, 0.4) is 0 Å². The molecule has 0 bridgehead atoms. The molecule has 1 aliphatic heterocycles. The SMILES string of the molecule is COCC1CCN(S(=O)(=O)c2cc(N)cc(F)c2C)CC1. The Morgan fingerprint density at radius 1 is 1.38 bits per heavy atom. The number of methoxy groups -OCH3 is 1. The molecule has 1 aromatic carbocycles. The number of hydrogen-bond donors (Lipinski definition) is 1. The van der Waals surface area contributed by atoms with E-state index in [-0.39, 0.29) is 16.1 Å². The van der Waals surface area contributed by atoms with Gasteiger partial charge in [-0.3, -0.25) is 0 Å². The molecule has 1 aliphatic rings. The molecule has 2 N–H and O–H groups in total. The average Bonchev–Trinajstić information content (AvgIpc) is 2.43. The summed E-state index contributed by atoms with van der Waals surface area (Å²) >= 11 is 0. The van der Waals surface area contributed by atoms with E-state index in [0.717, 1.165) is 18.9 Å². The summed E-state index contributed by atoms with van der Waals surface area (Å²) in [7, 11) is -2.06. The van der Waals surface area contributed by atoms with E-state index in [0.29, 0.717) is 25.6 Å². The van der Waals surface area contributed by atoms with E-state index < -0.39 is 15.8 Å². The maximum absolute atomic E-state index is 13.7. The van der Waals surface area contributed by atoms with Crippen molar-refractivity contribution in [2.45, 2.75) is 24.7 Å². The smallest absolute Gasteiger partial charge is 0.243 e. The van der Waals surface area contributed by atoms with Gasteiger partial charge < -0.3 is 10.5 Å². The maximum Gasteiger partial charge on any atom is 0.243 e. The molecular formula is C14H21FN2O3S. The van der Waals surface area contributed by atoms with Crippen LogP contribution >= 0.6 is 0 Å². The number of nitrogen functional groups attached to an aromatic ring is 1. The van der Waals surface area contributed by atoms with Gasteiger partial charge in [0.1, 0.15) is 5.82 Å². The molecule has 7 heteroatoms. The van der Waals surface area contributed by atoms with Crippen molar-refractivity contribution in [1.29, 1.82) is 0 Å². The third kappa shape index (κ3) is 3.36. The second kappa shape index (κ2) is 6.29. The third-order valence-corrected chi connectivity index (χ3v) is 5.94. The predicted octanol–water partition coefficient (Wildman–Crippen LogP) is 1.76. The minimum absolute atomic E-state index is 0.0369. The van der Waals surface area contributed by atoms with Crippen LogP contribution in [0.2, 0.25) is 0 Å². The van der Waals surface area contributed by atoms with Crippen LogP contribution in [-0.4, -0.2) is 39.5 Å². The molecule has 0 aliphatic carbocycles. The fourth-order valence-electron chi connectivity index (χ4n) is 2.63. The lowest BCUT2D eigenvalue weighted by molar-refractivity contribution is 0.121. The van der Waals surface area contributed by atoms with E-state index in [1.807, 2.05) is 0 Å². The molecule has 0 radical (unpaired) electrons. The van der Waals surface area contributed by atoms with E-state index >= 15 is 0 Å². The number of nitrogens with zero attached hydrogens (tertiary/aromatic N) is 1. The summed E-state index contributed by atoms with van der Waals surface area (Å²) in [5.74, 6) is -0.219. The maximum atomic E-state index is 13.7. The van der Waals surface area contributed by atoms with E-state index in [4.69, 9.17) is 10.5 Å². The molecule has 1 saturated heterocycles. The largest absolute Gasteiger partial charge is 0.399 e. The van der Waals surface area contributed by atoms with Crippen molar-refractivity contribution in [3.8, 4) is 0 Å². The van der Waals surface area contributed by atoms with Gasteiger partial charge in [0.2, 0.25) is 10.0 Å². The van der Waals surface area contributed by atoms with Crippen LogP contribution in [0.15, 0.2) is 17.0 Å². The second-order valence-corrected chi connectivity index (χ2v) is 7.34. The van der Waals surface area contributed by atoms with Crippen LogP contribution in [0.5, 0.6) is 0 Å². The molecule has 5 nitrogen and oxygen atoms in total. The summed E-state index contributed by atoms with van der Waals surface area (Å²) in [5.41, 5.74) is 5.81. The first-order valence-corrected chi connectivity index (χ1v) is 8.35. The van der Waals surface area contributed by atoms with Crippen molar-refractivity contribution >= 4 is 15.7 Å². The summed E-state index contributed by atoms with van der Waals surface area (Å²) in [4.78, 5) is -0.0369. The molecule has 0 aromatic heterocycles. The number of sulfonamides is 1. The van der Waals surface area contributed by atoms with Crippen LogP contribution in [-0.2, 0) is 14.8 Å². The highest BCUT2D eigenvalue weighted by Crippen LogP contribution is 2.28. The number of ether oxygens (including phenoxy) is 1. The molecule has 1 aromatic rings. The molecule has 0 saturated carbocycles. The first kappa shape index (κ1) is 16.2. The summed E-state index contributed by atoms with van der Waals surface area (Å²) in [6, 6.07) is 2.47. The fourth-order valence-corrected chi connectivity index (χ4v) is 4.37. The lowest BCUT2D eigenvalue weighted by atomic mass is 9.99. The van der Waals surface area contributed by atoms with Crippen LogP contribution in [0.1, 0.15) is 18.4 Å². The minimum Gasteiger partial charge on any atom is -0.399 e. The Morgan fingerprint density at radius 3 is 2.57 bits per heavy atom. The minimum atomic E-state index is -3.70. The number of nitrogens with two attached hydrogens (primary N) is 1. The van der Waals surface area contributed by atoms with Gasteiger partial charge in [0.25, 0.3) is 0 Å². The molecular weight excluding hydrogens is 295 g/mol. The monoisotopic (exact) mass is 316 g/mol.